The minimum Gasteiger partial charge on any atom is -0.379 e. The maximum atomic E-state index is 11.4. The van der Waals surface area contributed by atoms with Gasteiger partial charge in [0.1, 0.15) is 0 Å². The van der Waals surface area contributed by atoms with E-state index in [4.69, 9.17) is 4.74 Å². The standard InChI is InChI=1S/C10H15N3O3S/c14-9-8(7-11-10(15)12-9)17-6-3-13-1-4-16-5-2-13/h7H,1-6H2,(H2,11,12,14,15). The van der Waals surface area contributed by atoms with Crippen LogP contribution in [0.4, 0.5) is 0 Å². The zero-order valence-electron chi connectivity index (χ0n) is 9.40. The minimum absolute atomic E-state index is 0.319. The molecule has 0 atom stereocenters. The van der Waals surface area contributed by atoms with Crippen LogP contribution in [0.5, 0.6) is 0 Å². The van der Waals surface area contributed by atoms with Crippen molar-refractivity contribution in [1.82, 2.24) is 14.9 Å². The Balaban J connectivity index is 1.81. The molecule has 0 radical (unpaired) electrons. The second kappa shape index (κ2) is 6.04. The molecule has 1 fully saturated rings. The van der Waals surface area contributed by atoms with Gasteiger partial charge in [-0.05, 0) is 0 Å². The van der Waals surface area contributed by atoms with E-state index in [1.165, 1.54) is 18.0 Å². The molecule has 2 heterocycles. The lowest BCUT2D eigenvalue weighted by Gasteiger charge is -2.26. The summed E-state index contributed by atoms with van der Waals surface area (Å²) in [5.41, 5.74) is -0.784. The zero-order valence-corrected chi connectivity index (χ0v) is 10.2. The van der Waals surface area contributed by atoms with Crippen LogP contribution in [-0.2, 0) is 4.74 Å². The molecule has 0 spiro atoms. The molecule has 1 aromatic heterocycles. The Bertz CT molecular complexity index is 464. The Kier molecular flexibility index (Phi) is 4.41. The lowest BCUT2D eigenvalue weighted by Crippen LogP contribution is -2.37. The first-order valence-electron chi connectivity index (χ1n) is 5.50. The van der Waals surface area contributed by atoms with Gasteiger partial charge in [0.2, 0.25) is 0 Å². The number of nitrogens with zero attached hydrogens (tertiary/aromatic N) is 1. The molecule has 1 aliphatic rings. The van der Waals surface area contributed by atoms with Crippen molar-refractivity contribution in [2.24, 2.45) is 0 Å². The van der Waals surface area contributed by atoms with Gasteiger partial charge in [0.25, 0.3) is 5.56 Å². The molecule has 0 saturated carbocycles. The summed E-state index contributed by atoms with van der Waals surface area (Å²) in [5, 5.41) is 0. The highest BCUT2D eigenvalue weighted by Gasteiger charge is 2.10. The van der Waals surface area contributed by atoms with Crippen LogP contribution in [0.2, 0.25) is 0 Å². The number of H-pyrrole nitrogens is 2. The van der Waals surface area contributed by atoms with Gasteiger partial charge in [-0.2, -0.15) is 0 Å². The van der Waals surface area contributed by atoms with Crippen LogP contribution in [0.15, 0.2) is 20.7 Å². The SMILES string of the molecule is O=c1[nH]cc(SCCN2CCOCC2)c(=O)[nH]1. The van der Waals surface area contributed by atoms with E-state index in [1.54, 1.807) is 0 Å². The van der Waals surface area contributed by atoms with Gasteiger partial charge in [-0.1, -0.05) is 0 Å². The predicted molar refractivity (Wildman–Crippen MR) is 65.7 cm³/mol. The number of rotatable bonds is 4. The van der Waals surface area contributed by atoms with E-state index in [-0.39, 0.29) is 5.56 Å². The van der Waals surface area contributed by atoms with Crippen molar-refractivity contribution in [2.45, 2.75) is 4.90 Å². The molecule has 6 nitrogen and oxygen atoms in total. The van der Waals surface area contributed by atoms with E-state index in [0.717, 1.165) is 38.6 Å². The van der Waals surface area contributed by atoms with E-state index in [9.17, 15) is 9.59 Å². The molecule has 1 aliphatic heterocycles. The third kappa shape index (κ3) is 3.72. The van der Waals surface area contributed by atoms with E-state index >= 15 is 0 Å². The zero-order chi connectivity index (χ0) is 12.1. The summed E-state index contributed by atoms with van der Waals surface area (Å²) in [4.78, 5) is 29.7. The molecule has 0 aromatic carbocycles. The highest BCUT2D eigenvalue weighted by Crippen LogP contribution is 2.11. The van der Waals surface area contributed by atoms with Gasteiger partial charge >= 0.3 is 5.69 Å². The molecule has 0 amide bonds. The fourth-order valence-electron chi connectivity index (χ4n) is 1.61. The number of ether oxygens (including phenoxy) is 1. The number of hydrogen-bond donors (Lipinski definition) is 2. The van der Waals surface area contributed by atoms with E-state index in [0.29, 0.717) is 4.90 Å². The summed E-state index contributed by atoms with van der Waals surface area (Å²) in [5.74, 6) is 0.828. The third-order valence-corrected chi connectivity index (χ3v) is 3.55. The lowest BCUT2D eigenvalue weighted by molar-refractivity contribution is 0.0410. The molecule has 2 N–H and O–H groups in total. The molecule has 1 saturated heterocycles. The smallest absolute Gasteiger partial charge is 0.325 e. The molecule has 0 unspecified atom stereocenters. The first-order chi connectivity index (χ1) is 8.25. The topological polar surface area (TPSA) is 78.2 Å². The summed E-state index contributed by atoms with van der Waals surface area (Å²) >= 11 is 1.45. The highest BCUT2D eigenvalue weighted by molar-refractivity contribution is 7.99. The number of morpholine rings is 1. The normalized spacial score (nSPS) is 17.2. The van der Waals surface area contributed by atoms with E-state index < -0.39 is 5.69 Å². The largest absolute Gasteiger partial charge is 0.379 e. The quantitative estimate of drug-likeness (QED) is 0.710. The van der Waals surface area contributed by atoms with Gasteiger partial charge in [-0.3, -0.25) is 14.7 Å². The maximum Gasteiger partial charge on any atom is 0.325 e. The van der Waals surface area contributed by atoms with Crippen molar-refractivity contribution in [3.05, 3.63) is 27.0 Å². The van der Waals surface area contributed by atoms with Crippen LogP contribution in [0.3, 0.4) is 0 Å². The number of nitrogens with one attached hydrogen (secondary N) is 2. The number of aromatic nitrogens is 2. The predicted octanol–water partition coefficient (Wildman–Crippen LogP) is -0.512. The second-order valence-corrected chi connectivity index (χ2v) is 4.88. The van der Waals surface area contributed by atoms with Crippen molar-refractivity contribution in [3.63, 3.8) is 0 Å². The summed E-state index contributed by atoms with van der Waals surface area (Å²) < 4.78 is 5.25. The molecule has 1 aromatic rings. The molecule has 0 aliphatic carbocycles. The van der Waals surface area contributed by atoms with E-state index in [1.807, 2.05) is 0 Å². The van der Waals surface area contributed by atoms with Crippen LogP contribution in [0, 0.1) is 0 Å². The van der Waals surface area contributed by atoms with Crippen molar-refractivity contribution < 1.29 is 4.74 Å². The molecular weight excluding hydrogens is 242 g/mol. The van der Waals surface area contributed by atoms with Crippen molar-refractivity contribution in [1.29, 1.82) is 0 Å². The van der Waals surface area contributed by atoms with Crippen LogP contribution < -0.4 is 11.2 Å². The summed E-state index contributed by atoms with van der Waals surface area (Å²) in [6.45, 7) is 4.38. The van der Waals surface area contributed by atoms with Crippen LogP contribution in [-0.4, -0.2) is 53.5 Å². The molecule has 0 bridgehead atoms. The average Bonchev–Trinajstić information content (AvgIpc) is 2.33. The molecule has 17 heavy (non-hydrogen) atoms. The molecule has 94 valence electrons. The van der Waals surface area contributed by atoms with Gasteiger partial charge in [-0.15, -0.1) is 11.8 Å². The fraction of sp³-hybridized carbons (Fsp3) is 0.600. The Morgan fingerprint density at radius 2 is 2.12 bits per heavy atom. The Hall–Kier alpha value is -1.05. The summed E-state index contributed by atoms with van der Waals surface area (Å²) in [6, 6.07) is 0. The molecular formula is C10H15N3O3S. The van der Waals surface area contributed by atoms with Gasteiger partial charge < -0.3 is 9.72 Å². The van der Waals surface area contributed by atoms with Gasteiger partial charge in [0.05, 0.1) is 18.1 Å². The van der Waals surface area contributed by atoms with Gasteiger partial charge in [0.15, 0.2) is 0 Å². The van der Waals surface area contributed by atoms with Crippen LogP contribution in [0.1, 0.15) is 0 Å². The van der Waals surface area contributed by atoms with E-state index in [2.05, 4.69) is 14.9 Å². The first kappa shape index (κ1) is 12.4. The number of hydrogen-bond acceptors (Lipinski definition) is 5. The lowest BCUT2D eigenvalue weighted by atomic mass is 10.4. The Morgan fingerprint density at radius 3 is 2.82 bits per heavy atom. The van der Waals surface area contributed by atoms with Gasteiger partial charge in [0, 0.05) is 31.6 Å². The minimum atomic E-state index is -0.465. The second-order valence-electron chi connectivity index (χ2n) is 3.74. The molecule has 2 rings (SSSR count). The van der Waals surface area contributed by atoms with Gasteiger partial charge in [-0.25, -0.2) is 4.79 Å². The Labute approximate surface area is 102 Å². The molecule has 7 heteroatoms. The van der Waals surface area contributed by atoms with Crippen molar-refractivity contribution >= 4 is 11.8 Å². The average molecular weight is 257 g/mol. The highest BCUT2D eigenvalue weighted by atomic mass is 32.2. The van der Waals surface area contributed by atoms with Crippen molar-refractivity contribution in [3.8, 4) is 0 Å². The maximum absolute atomic E-state index is 11.4. The number of aromatic amines is 2. The first-order valence-corrected chi connectivity index (χ1v) is 6.49. The van der Waals surface area contributed by atoms with Crippen LogP contribution >= 0.6 is 11.8 Å². The fourth-order valence-corrected chi connectivity index (χ4v) is 2.51. The Morgan fingerprint density at radius 1 is 1.35 bits per heavy atom. The number of thioether (sulfide) groups is 1. The third-order valence-electron chi connectivity index (χ3n) is 2.55. The summed E-state index contributed by atoms with van der Waals surface area (Å²) in [7, 11) is 0. The van der Waals surface area contributed by atoms with Crippen molar-refractivity contribution in [2.75, 3.05) is 38.6 Å². The monoisotopic (exact) mass is 257 g/mol. The summed E-state index contributed by atoms with van der Waals surface area (Å²) in [6.07, 6.45) is 1.46. The van der Waals surface area contributed by atoms with Crippen LogP contribution in [0.25, 0.3) is 0 Å².